The first-order valence-corrected chi connectivity index (χ1v) is 12.6. The topological polar surface area (TPSA) is 84.9 Å². The van der Waals surface area contributed by atoms with Crippen molar-refractivity contribution in [2.75, 3.05) is 23.4 Å². The largest absolute Gasteiger partial charge is 0.457 e. The number of esters is 1. The van der Waals surface area contributed by atoms with E-state index in [1.54, 1.807) is 36.4 Å². The summed E-state index contributed by atoms with van der Waals surface area (Å²) in [5.74, 6) is -0.651. The van der Waals surface area contributed by atoms with Gasteiger partial charge in [-0.25, -0.2) is 0 Å². The predicted octanol–water partition coefficient (Wildman–Crippen LogP) is 6.47. The fourth-order valence-corrected chi connectivity index (χ4v) is 4.54. The first-order chi connectivity index (χ1) is 18.4. The summed E-state index contributed by atoms with van der Waals surface area (Å²) in [6.07, 6.45) is 0.00149. The Hall–Kier alpha value is -4.07. The van der Waals surface area contributed by atoms with Crippen LogP contribution in [0.25, 0.3) is 10.8 Å². The van der Waals surface area contributed by atoms with Gasteiger partial charge >= 0.3 is 5.97 Å². The minimum absolute atomic E-state index is 0.00149. The zero-order valence-corrected chi connectivity index (χ0v) is 21.5. The molecule has 5 rings (SSSR count). The van der Waals surface area contributed by atoms with E-state index in [0.717, 1.165) is 16.5 Å². The van der Waals surface area contributed by atoms with Gasteiger partial charge in [0.2, 0.25) is 5.91 Å². The van der Waals surface area contributed by atoms with E-state index < -0.39 is 24.4 Å². The molecule has 38 heavy (non-hydrogen) atoms. The van der Waals surface area contributed by atoms with E-state index in [9.17, 15) is 14.4 Å². The number of nitrogens with zero attached hydrogens (tertiary/aromatic N) is 1. The summed E-state index contributed by atoms with van der Waals surface area (Å²) in [5, 5.41) is 5.31. The molecular weight excluding hydrogens is 527 g/mol. The van der Waals surface area contributed by atoms with Crippen molar-refractivity contribution in [3.8, 4) is 11.5 Å². The van der Waals surface area contributed by atoms with Crippen molar-refractivity contribution >= 4 is 63.1 Å². The highest BCUT2D eigenvalue weighted by Crippen LogP contribution is 2.32. The van der Waals surface area contributed by atoms with Crippen molar-refractivity contribution in [2.45, 2.75) is 6.42 Å². The maximum atomic E-state index is 12.6. The summed E-state index contributed by atoms with van der Waals surface area (Å²) in [7, 11) is 0. The van der Waals surface area contributed by atoms with E-state index in [4.69, 9.17) is 32.7 Å². The summed E-state index contributed by atoms with van der Waals surface area (Å²) in [6, 6.07) is 25.6. The molecule has 4 aromatic rings. The monoisotopic (exact) mass is 548 g/mol. The van der Waals surface area contributed by atoms with Crippen LogP contribution < -0.4 is 15.0 Å². The minimum Gasteiger partial charge on any atom is -0.457 e. The van der Waals surface area contributed by atoms with E-state index in [0.29, 0.717) is 27.2 Å². The van der Waals surface area contributed by atoms with Crippen LogP contribution in [0, 0.1) is 5.92 Å². The Labute approximate surface area is 228 Å². The average Bonchev–Trinajstić information content (AvgIpc) is 3.31. The molecule has 4 aromatic carbocycles. The van der Waals surface area contributed by atoms with E-state index >= 15 is 0 Å². The van der Waals surface area contributed by atoms with Gasteiger partial charge in [0.05, 0.1) is 16.0 Å². The number of amides is 2. The lowest BCUT2D eigenvalue weighted by Gasteiger charge is -2.17. The Balaban J connectivity index is 1.16. The molecule has 0 radical (unpaired) electrons. The number of rotatable bonds is 7. The fourth-order valence-electron chi connectivity index (χ4n) is 4.25. The van der Waals surface area contributed by atoms with Gasteiger partial charge in [-0.15, -0.1) is 0 Å². The molecule has 0 aromatic heterocycles. The molecule has 0 unspecified atom stereocenters. The van der Waals surface area contributed by atoms with Gasteiger partial charge in [-0.3, -0.25) is 14.4 Å². The fraction of sp³-hybridized carbons (Fsp3) is 0.138. The number of hydrogen-bond acceptors (Lipinski definition) is 5. The third kappa shape index (κ3) is 5.74. The van der Waals surface area contributed by atoms with E-state index in [1.807, 2.05) is 42.5 Å². The van der Waals surface area contributed by atoms with E-state index in [1.165, 1.54) is 11.0 Å². The molecule has 0 saturated carbocycles. The second-order valence-corrected chi connectivity index (χ2v) is 9.58. The third-order valence-electron chi connectivity index (χ3n) is 6.13. The van der Waals surface area contributed by atoms with Crippen LogP contribution in [-0.4, -0.2) is 30.9 Å². The normalized spacial score (nSPS) is 14.9. The molecule has 0 spiro atoms. The minimum atomic E-state index is -0.674. The maximum absolute atomic E-state index is 12.6. The van der Waals surface area contributed by atoms with Gasteiger partial charge in [0.15, 0.2) is 6.61 Å². The molecule has 1 fully saturated rings. The molecule has 9 heteroatoms. The van der Waals surface area contributed by atoms with Gasteiger partial charge in [0, 0.05) is 29.7 Å². The number of halogens is 2. The Morgan fingerprint density at radius 2 is 1.68 bits per heavy atom. The SMILES string of the molecule is O=C(COC(=O)[C@@H]1CC(=O)N(c2ccc(Oc3cccc4ccccc34)cc2)C1)Nc1ccc(Cl)c(Cl)c1. The zero-order chi connectivity index (χ0) is 26.6. The van der Waals surface area contributed by atoms with Crippen molar-refractivity contribution < 1.29 is 23.9 Å². The molecule has 1 heterocycles. The van der Waals surface area contributed by atoms with Crippen molar-refractivity contribution in [1.82, 2.24) is 0 Å². The van der Waals surface area contributed by atoms with Gasteiger partial charge in [-0.1, -0.05) is 59.6 Å². The lowest BCUT2D eigenvalue weighted by molar-refractivity contribution is -0.151. The molecule has 7 nitrogen and oxygen atoms in total. The Bertz CT molecular complexity index is 1520. The van der Waals surface area contributed by atoms with Crippen LogP contribution in [0.3, 0.4) is 0 Å². The molecule has 1 aliphatic heterocycles. The lowest BCUT2D eigenvalue weighted by Crippen LogP contribution is -2.28. The number of fused-ring (bicyclic) bond motifs is 1. The number of benzene rings is 4. The second-order valence-electron chi connectivity index (χ2n) is 8.76. The third-order valence-corrected chi connectivity index (χ3v) is 6.87. The smallest absolute Gasteiger partial charge is 0.311 e. The molecule has 192 valence electrons. The zero-order valence-electron chi connectivity index (χ0n) is 20.0. The Kier molecular flexibility index (Phi) is 7.49. The molecule has 1 aliphatic rings. The van der Waals surface area contributed by atoms with Crippen LogP contribution >= 0.6 is 23.2 Å². The molecule has 1 saturated heterocycles. The van der Waals surface area contributed by atoms with E-state index in [-0.39, 0.29) is 18.9 Å². The predicted molar refractivity (Wildman–Crippen MR) is 147 cm³/mol. The number of ether oxygens (including phenoxy) is 2. The van der Waals surface area contributed by atoms with Crippen molar-refractivity contribution in [3.05, 3.63) is 95.0 Å². The summed E-state index contributed by atoms with van der Waals surface area (Å²) in [4.78, 5) is 38.9. The number of carbonyl (C=O) groups is 3. The van der Waals surface area contributed by atoms with Gasteiger partial charge in [-0.2, -0.15) is 0 Å². The molecule has 1 N–H and O–H groups in total. The molecule has 1 atom stereocenters. The van der Waals surface area contributed by atoms with Crippen molar-refractivity contribution in [1.29, 1.82) is 0 Å². The van der Waals surface area contributed by atoms with Crippen LogP contribution in [0.2, 0.25) is 10.0 Å². The summed E-state index contributed by atoms with van der Waals surface area (Å²) in [5.41, 5.74) is 1.07. The highest BCUT2D eigenvalue weighted by Gasteiger charge is 2.36. The first kappa shape index (κ1) is 25.6. The standard InChI is InChI=1S/C29H22Cl2N2O5/c30-24-13-8-20(15-25(24)31)32-27(34)17-37-29(36)19-14-28(35)33(16-19)21-9-11-22(12-10-21)38-26-7-3-5-18-4-1-2-6-23(18)26/h1-13,15,19H,14,16-17H2,(H,32,34)/t19-/m1/s1. The summed E-state index contributed by atoms with van der Waals surface area (Å²) >= 11 is 11.8. The van der Waals surface area contributed by atoms with Crippen molar-refractivity contribution in [3.63, 3.8) is 0 Å². The van der Waals surface area contributed by atoms with Crippen LogP contribution in [-0.2, 0) is 19.1 Å². The number of anilines is 2. The van der Waals surface area contributed by atoms with E-state index in [2.05, 4.69) is 5.32 Å². The molecule has 2 amide bonds. The Morgan fingerprint density at radius 1 is 0.921 bits per heavy atom. The second kappa shape index (κ2) is 11.1. The van der Waals surface area contributed by atoms with Crippen LogP contribution in [0.5, 0.6) is 11.5 Å². The van der Waals surface area contributed by atoms with Crippen LogP contribution in [0.1, 0.15) is 6.42 Å². The molecular formula is C29H22Cl2N2O5. The van der Waals surface area contributed by atoms with Gasteiger partial charge < -0.3 is 19.7 Å². The molecule has 0 aliphatic carbocycles. The first-order valence-electron chi connectivity index (χ1n) is 11.8. The highest BCUT2D eigenvalue weighted by atomic mass is 35.5. The van der Waals surface area contributed by atoms with Crippen LogP contribution in [0.15, 0.2) is 84.9 Å². The summed E-state index contributed by atoms with van der Waals surface area (Å²) < 4.78 is 11.2. The number of hydrogen-bond donors (Lipinski definition) is 1. The van der Waals surface area contributed by atoms with Crippen LogP contribution in [0.4, 0.5) is 11.4 Å². The number of nitrogens with one attached hydrogen (secondary N) is 1. The summed E-state index contributed by atoms with van der Waals surface area (Å²) in [6.45, 7) is -0.320. The molecule has 0 bridgehead atoms. The highest BCUT2D eigenvalue weighted by molar-refractivity contribution is 6.42. The quantitative estimate of drug-likeness (QED) is 0.267. The maximum Gasteiger partial charge on any atom is 0.311 e. The number of carbonyl (C=O) groups excluding carboxylic acids is 3. The van der Waals surface area contributed by atoms with Gasteiger partial charge in [-0.05, 0) is 53.9 Å². The lowest BCUT2D eigenvalue weighted by atomic mass is 10.1. The van der Waals surface area contributed by atoms with Gasteiger partial charge in [0.1, 0.15) is 11.5 Å². The average molecular weight is 549 g/mol. The van der Waals surface area contributed by atoms with Gasteiger partial charge in [0.25, 0.3) is 5.91 Å². The van der Waals surface area contributed by atoms with Crippen molar-refractivity contribution in [2.24, 2.45) is 5.92 Å². The Morgan fingerprint density at radius 3 is 2.47 bits per heavy atom.